The standard InChI is InChI=1S/C23H25F3N2O4/c24-23(25,26)17-5-8-21(28-9-12-30-13-10-28)20(14-17)27-22(29)16-3-6-18(7-4-16)32-15-19-2-1-11-31-19/h3-8,14,19H,1-2,9-13,15H2,(H,27,29)/t19-/m1/s1. The molecule has 32 heavy (non-hydrogen) atoms. The number of halogens is 3. The summed E-state index contributed by atoms with van der Waals surface area (Å²) in [4.78, 5) is 14.7. The maximum absolute atomic E-state index is 13.3. The first-order valence-corrected chi connectivity index (χ1v) is 10.6. The topological polar surface area (TPSA) is 60.0 Å². The van der Waals surface area contributed by atoms with E-state index < -0.39 is 17.6 Å². The number of morpholine rings is 1. The summed E-state index contributed by atoms with van der Waals surface area (Å²) in [6.45, 7) is 3.20. The summed E-state index contributed by atoms with van der Waals surface area (Å²) in [6.07, 6.45) is -2.44. The molecule has 2 saturated heterocycles. The molecule has 0 spiro atoms. The smallest absolute Gasteiger partial charge is 0.416 e. The lowest BCUT2D eigenvalue weighted by molar-refractivity contribution is -0.137. The fraction of sp³-hybridized carbons (Fsp3) is 0.435. The van der Waals surface area contributed by atoms with Gasteiger partial charge in [0.05, 0.1) is 36.3 Å². The highest BCUT2D eigenvalue weighted by molar-refractivity contribution is 6.06. The van der Waals surface area contributed by atoms with Crippen LogP contribution in [-0.4, -0.2) is 51.5 Å². The predicted octanol–water partition coefficient (Wildman–Crippen LogP) is 4.35. The number of carbonyl (C=O) groups excluding carboxylic acids is 1. The highest BCUT2D eigenvalue weighted by Gasteiger charge is 2.32. The summed E-state index contributed by atoms with van der Waals surface area (Å²) in [6, 6.07) is 9.90. The molecular formula is C23H25F3N2O4. The Morgan fingerprint density at radius 3 is 2.50 bits per heavy atom. The van der Waals surface area contributed by atoms with Crippen molar-refractivity contribution >= 4 is 17.3 Å². The van der Waals surface area contributed by atoms with Gasteiger partial charge >= 0.3 is 6.18 Å². The van der Waals surface area contributed by atoms with Crippen molar-refractivity contribution in [2.45, 2.75) is 25.1 Å². The number of benzene rings is 2. The number of ether oxygens (including phenoxy) is 3. The molecule has 2 fully saturated rings. The first kappa shape index (κ1) is 22.4. The van der Waals surface area contributed by atoms with Crippen LogP contribution in [0.3, 0.4) is 0 Å². The van der Waals surface area contributed by atoms with Crippen molar-refractivity contribution in [1.29, 1.82) is 0 Å². The number of amides is 1. The number of anilines is 2. The third kappa shape index (κ3) is 5.52. The maximum atomic E-state index is 13.3. The molecule has 0 bridgehead atoms. The second-order valence-corrected chi connectivity index (χ2v) is 7.75. The highest BCUT2D eigenvalue weighted by Crippen LogP contribution is 2.36. The van der Waals surface area contributed by atoms with Gasteiger partial charge in [0.1, 0.15) is 12.4 Å². The molecule has 2 heterocycles. The quantitative estimate of drug-likeness (QED) is 0.709. The number of nitrogens with zero attached hydrogens (tertiary/aromatic N) is 1. The van der Waals surface area contributed by atoms with E-state index in [1.165, 1.54) is 6.07 Å². The Balaban J connectivity index is 1.48. The molecule has 1 N–H and O–H groups in total. The predicted molar refractivity (Wildman–Crippen MR) is 113 cm³/mol. The van der Waals surface area contributed by atoms with E-state index in [0.717, 1.165) is 31.6 Å². The monoisotopic (exact) mass is 450 g/mol. The molecular weight excluding hydrogens is 425 g/mol. The van der Waals surface area contributed by atoms with Crippen LogP contribution >= 0.6 is 0 Å². The summed E-state index contributed by atoms with van der Waals surface area (Å²) in [7, 11) is 0. The molecule has 2 aromatic carbocycles. The minimum atomic E-state index is -4.51. The normalized spacial score (nSPS) is 19.1. The maximum Gasteiger partial charge on any atom is 0.416 e. The van der Waals surface area contributed by atoms with Crippen LogP contribution in [0.2, 0.25) is 0 Å². The number of rotatable bonds is 6. The molecule has 1 amide bonds. The van der Waals surface area contributed by atoms with Crippen molar-refractivity contribution in [3.8, 4) is 5.75 Å². The fourth-order valence-electron chi connectivity index (χ4n) is 3.75. The molecule has 2 aliphatic heterocycles. The van der Waals surface area contributed by atoms with Crippen LogP contribution in [0.4, 0.5) is 24.5 Å². The average Bonchev–Trinajstić information content (AvgIpc) is 3.32. The van der Waals surface area contributed by atoms with Gasteiger partial charge in [0.15, 0.2) is 0 Å². The summed E-state index contributed by atoms with van der Waals surface area (Å²) < 4.78 is 56.3. The Labute approximate surface area is 184 Å². The molecule has 0 aliphatic carbocycles. The summed E-state index contributed by atoms with van der Waals surface area (Å²) in [5, 5.41) is 2.65. The Hall–Kier alpha value is -2.78. The second-order valence-electron chi connectivity index (χ2n) is 7.75. The third-order valence-corrected chi connectivity index (χ3v) is 5.50. The van der Waals surface area contributed by atoms with E-state index in [1.807, 2.05) is 4.90 Å². The Morgan fingerprint density at radius 2 is 1.84 bits per heavy atom. The van der Waals surface area contributed by atoms with Gasteiger partial charge in [0.2, 0.25) is 0 Å². The lowest BCUT2D eigenvalue weighted by Crippen LogP contribution is -2.36. The van der Waals surface area contributed by atoms with Crippen LogP contribution < -0.4 is 15.0 Å². The zero-order chi connectivity index (χ0) is 22.6. The molecule has 2 aliphatic rings. The largest absolute Gasteiger partial charge is 0.491 e. The van der Waals surface area contributed by atoms with Gasteiger partial charge in [0.25, 0.3) is 5.91 Å². The van der Waals surface area contributed by atoms with Gasteiger partial charge < -0.3 is 24.4 Å². The van der Waals surface area contributed by atoms with Crippen molar-refractivity contribution in [1.82, 2.24) is 0 Å². The van der Waals surface area contributed by atoms with Gasteiger partial charge in [-0.25, -0.2) is 0 Å². The number of carbonyl (C=O) groups is 1. The molecule has 0 saturated carbocycles. The van der Waals surface area contributed by atoms with Gasteiger partial charge in [-0.1, -0.05) is 0 Å². The van der Waals surface area contributed by atoms with E-state index in [4.69, 9.17) is 14.2 Å². The van der Waals surface area contributed by atoms with Gasteiger partial charge in [-0.2, -0.15) is 13.2 Å². The van der Waals surface area contributed by atoms with Crippen LogP contribution in [0.25, 0.3) is 0 Å². The molecule has 6 nitrogen and oxygen atoms in total. The molecule has 0 aromatic heterocycles. The zero-order valence-corrected chi connectivity index (χ0v) is 17.5. The van der Waals surface area contributed by atoms with E-state index in [2.05, 4.69) is 5.32 Å². The third-order valence-electron chi connectivity index (χ3n) is 5.50. The van der Waals surface area contributed by atoms with Gasteiger partial charge in [-0.05, 0) is 55.3 Å². The molecule has 0 unspecified atom stereocenters. The van der Waals surface area contributed by atoms with Crippen molar-refractivity contribution < 1.29 is 32.2 Å². The number of hydrogen-bond donors (Lipinski definition) is 1. The Kier molecular flexibility index (Phi) is 6.86. The van der Waals surface area contributed by atoms with E-state index in [0.29, 0.717) is 49.9 Å². The van der Waals surface area contributed by atoms with Crippen molar-refractivity contribution in [2.75, 3.05) is 49.7 Å². The van der Waals surface area contributed by atoms with E-state index in [1.54, 1.807) is 24.3 Å². The van der Waals surface area contributed by atoms with Crippen molar-refractivity contribution in [3.63, 3.8) is 0 Å². The van der Waals surface area contributed by atoms with Crippen LogP contribution in [0.15, 0.2) is 42.5 Å². The average molecular weight is 450 g/mol. The van der Waals surface area contributed by atoms with Crippen LogP contribution in [0.1, 0.15) is 28.8 Å². The van der Waals surface area contributed by atoms with Gasteiger partial charge in [-0.15, -0.1) is 0 Å². The molecule has 9 heteroatoms. The Morgan fingerprint density at radius 1 is 1.09 bits per heavy atom. The fourth-order valence-corrected chi connectivity index (χ4v) is 3.75. The highest BCUT2D eigenvalue weighted by atomic mass is 19.4. The summed E-state index contributed by atoms with van der Waals surface area (Å²) in [5.74, 6) is 0.106. The number of hydrogen-bond acceptors (Lipinski definition) is 5. The lowest BCUT2D eigenvalue weighted by Gasteiger charge is -2.31. The molecule has 0 radical (unpaired) electrons. The molecule has 172 valence electrons. The molecule has 4 rings (SSSR count). The lowest BCUT2D eigenvalue weighted by atomic mass is 10.1. The van der Waals surface area contributed by atoms with E-state index in [-0.39, 0.29) is 11.8 Å². The SMILES string of the molecule is O=C(Nc1cc(C(F)(F)F)ccc1N1CCOCC1)c1ccc(OC[C@H]2CCCO2)cc1. The van der Waals surface area contributed by atoms with E-state index in [9.17, 15) is 18.0 Å². The zero-order valence-electron chi connectivity index (χ0n) is 17.5. The van der Waals surface area contributed by atoms with Crippen molar-refractivity contribution in [3.05, 3.63) is 53.6 Å². The minimum absolute atomic E-state index is 0.0810. The van der Waals surface area contributed by atoms with Crippen LogP contribution in [0, 0.1) is 0 Å². The number of nitrogens with one attached hydrogen (secondary N) is 1. The minimum Gasteiger partial charge on any atom is -0.491 e. The first-order chi connectivity index (χ1) is 15.4. The summed E-state index contributed by atoms with van der Waals surface area (Å²) in [5.41, 5.74) is 0.152. The van der Waals surface area contributed by atoms with Crippen LogP contribution in [-0.2, 0) is 15.7 Å². The molecule has 2 aromatic rings. The van der Waals surface area contributed by atoms with Gasteiger partial charge in [-0.3, -0.25) is 4.79 Å². The van der Waals surface area contributed by atoms with Gasteiger partial charge in [0, 0.05) is 25.3 Å². The second kappa shape index (κ2) is 9.79. The number of alkyl halides is 3. The first-order valence-electron chi connectivity index (χ1n) is 10.6. The molecule has 1 atom stereocenters. The Bertz CT molecular complexity index is 922. The van der Waals surface area contributed by atoms with Crippen LogP contribution in [0.5, 0.6) is 5.75 Å². The van der Waals surface area contributed by atoms with Crippen molar-refractivity contribution in [2.24, 2.45) is 0 Å². The summed E-state index contributed by atoms with van der Waals surface area (Å²) >= 11 is 0. The van der Waals surface area contributed by atoms with E-state index >= 15 is 0 Å².